The Labute approximate surface area is 185 Å². The van der Waals surface area contributed by atoms with Gasteiger partial charge in [0, 0.05) is 17.1 Å². The number of carbonyl (C=O) groups is 1. The molecule has 0 unspecified atom stereocenters. The predicted molar refractivity (Wildman–Crippen MR) is 122 cm³/mol. The maximum Gasteiger partial charge on any atom is 0.319 e. The van der Waals surface area contributed by atoms with Gasteiger partial charge >= 0.3 is 6.03 Å². The molecule has 0 atom stereocenters. The van der Waals surface area contributed by atoms with E-state index in [4.69, 9.17) is 17.3 Å². The summed E-state index contributed by atoms with van der Waals surface area (Å²) in [7, 11) is 0. The number of amides is 2. The molecular formula is C23H25ClFN5O. The number of benzene rings is 2. The second-order valence-corrected chi connectivity index (χ2v) is 8.28. The monoisotopic (exact) mass is 441 g/mol. The maximum absolute atomic E-state index is 13.4. The summed E-state index contributed by atoms with van der Waals surface area (Å²) in [6, 6.07) is 12.6. The third-order valence-corrected chi connectivity index (χ3v) is 5.88. The van der Waals surface area contributed by atoms with Crippen LogP contribution in [0.1, 0.15) is 32.1 Å². The number of carbonyl (C=O) groups excluding carboxylic acids is 1. The lowest BCUT2D eigenvalue weighted by Gasteiger charge is -2.21. The van der Waals surface area contributed by atoms with Gasteiger partial charge in [0.2, 0.25) is 0 Å². The second kappa shape index (κ2) is 9.39. The van der Waals surface area contributed by atoms with Crippen molar-refractivity contribution in [3.05, 3.63) is 59.4 Å². The van der Waals surface area contributed by atoms with Crippen molar-refractivity contribution in [3.63, 3.8) is 0 Å². The fourth-order valence-electron chi connectivity index (χ4n) is 3.93. The van der Waals surface area contributed by atoms with Gasteiger partial charge in [-0.15, -0.1) is 0 Å². The lowest BCUT2D eigenvalue weighted by Crippen LogP contribution is -2.34. The van der Waals surface area contributed by atoms with Gasteiger partial charge in [0.05, 0.1) is 5.69 Å². The van der Waals surface area contributed by atoms with Crippen LogP contribution in [0.4, 0.5) is 20.7 Å². The summed E-state index contributed by atoms with van der Waals surface area (Å²) in [4.78, 5) is 12.6. The molecule has 1 aromatic heterocycles. The molecular weight excluding hydrogens is 417 g/mol. The molecule has 2 amide bonds. The highest BCUT2D eigenvalue weighted by atomic mass is 35.5. The molecule has 0 saturated heterocycles. The highest BCUT2D eigenvalue weighted by Crippen LogP contribution is 2.34. The van der Waals surface area contributed by atoms with Gasteiger partial charge < -0.3 is 16.4 Å². The molecule has 1 saturated carbocycles. The van der Waals surface area contributed by atoms with Crippen LogP contribution in [0.5, 0.6) is 0 Å². The summed E-state index contributed by atoms with van der Waals surface area (Å²) < 4.78 is 14.8. The first-order valence-corrected chi connectivity index (χ1v) is 10.8. The molecule has 0 radical (unpaired) electrons. The van der Waals surface area contributed by atoms with E-state index in [1.807, 2.05) is 12.1 Å². The quantitative estimate of drug-likeness (QED) is 0.480. The topological polar surface area (TPSA) is 85.0 Å². The van der Waals surface area contributed by atoms with Crippen molar-refractivity contribution < 1.29 is 9.18 Å². The number of aromatic nitrogens is 2. The summed E-state index contributed by atoms with van der Waals surface area (Å²) in [5.41, 5.74) is 8.61. The van der Waals surface area contributed by atoms with E-state index in [0.29, 0.717) is 34.6 Å². The van der Waals surface area contributed by atoms with Crippen LogP contribution in [0.2, 0.25) is 5.02 Å². The van der Waals surface area contributed by atoms with Gasteiger partial charge in [-0.3, -0.25) is 0 Å². The van der Waals surface area contributed by atoms with Crippen molar-refractivity contribution in [2.45, 2.75) is 32.1 Å². The van der Waals surface area contributed by atoms with Crippen LogP contribution < -0.4 is 16.4 Å². The van der Waals surface area contributed by atoms with E-state index in [9.17, 15) is 9.18 Å². The molecule has 31 heavy (non-hydrogen) atoms. The molecule has 6 nitrogen and oxygen atoms in total. The Morgan fingerprint density at radius 1 is 1.10 bits per heavy atom. The Balaban J connectivity index is 1.61. The van der Waals surface area contributed by atoms with E-state index in [0.717, 1.165) is 18.4 Å². The van der Waals surface area contributed by atoms with E-state index in [2.05, 4.69) is 15.7 Å². The number of urea groups is 1. The SMILES string of the molecule is Nc1c(NC(=O)NCC2CCCCC2)c(-c2ccc(Cl)cc2)nn1-c1ccc(F)cc1. The Morgan fingerprint density at radius 2 is 1.77 bits per heavy atom. The number of nitrogens with two attached hydrogens (primary N) is 1. The highest BCUT2D eigenvalue weighted by molar-refractivity contribution is 6.30. The smallest absolute Gasteiger partial charge is 0.319 e. The fraction of sp³-hybridized carbons (Fsp3) is 0.304. The number of nitrogens with zero attached hydrogens (tertiary/aromatic N) is 2. The number of nitrogens with one attached hydrogen (secondary N) is 2. The average molecular weight is 442 g/mol. The molecule has 162 valence electrons. The minimum Gasteiger partial charge on any atom is -0.382 e. The van der Waals surface area contributed by atoms with Crippen LogP contribution >= 0.6 is 11.6 Å². The molecule has 8 heteroatoms. The van der Waals surface area contributed by atoms with Crippen molar-refractivity contribution in [2.75, 3.05) is 17.6 Å². The summed E-state index contributed by atoms with van der Waals surface area (Å²) in [6.07, 6.45) is 5.98. The summed E-state index contributed by atoms with van der Waals surface area (Å²) in [5, 5.41) is 11.0. The lowest BCUT2D eigenvalue weighted by molar-refractivity contribution is 0.247. The first-order chi connectivity index (χ1) is 15.0. The van der Waals surface area contributed by atoms with Crippen LogP contribution in [0, 0.1) is 11.7 Å². The van der Waals surface area contributed by atoms with Crippen molar-refractivity contribution in [2.24, 2.45) is 5.92 Å². The molecule has 0 aliphatic heterocycles. The lowest BCUT2D eigenvalue weighted by atomic mass is 9.89. The van der Waals surface area contributed by atoms with Crippen molar-refractivity contribution in [1.82, 2.24) is 15.1 Å². The van der Waals surface area contributed by atoms with Gasteiger partial charge in [-0.25, -0.2) is 13.9 Å². The summed E-state index contributed by atoms with van der Waals surface area (Å²) in [5.74, 6) is 0.409. The normalized spacial score (nSPS) is 14.4. The number of rotatable bonds is 5. The van der Waals surface area contributed by atoms with Gasteiger partial charge in [-0.05, 0) is 55.2 Å². The van der Waals surface area contributed by atoms with Crippen LogP contribution in [0.25, 0.3) is 16.9 Å². The maximum atomic E-state index is 13.4. The number of halogens is 2. The highest BCUT2D eigenvalue weighted by Gasteiger charge is 2.21. The van der Waals surface area contributed by atoms with Gasteiger partial charge in [-0.2, -0.15) is 5.10 Å². The van der Waals surface area contributed by atoms with Crippen LogP contribution in [0.3, 0.4) is 0 Å². The first-order valence-electron chi connectivity index (χ1n) is 10.5. The minimum absolute atomic E-state index is 0.254. The average Bonchev–Trinajstić information content (AvgIpc) is 3.10. The Hall–Kier alpha value is -3.06. The van der Waals surface area contributed by atoms with E-state index in [1.54, 1.807) is 24.3 Å². The van der Waals surface area contributed by atoms with E-state index in [1.165, 1.54) is 36.1 Å². The van der Waals surface area contributed by atoms with Crippen LogP contribution in [0.15, 0.2) is 48.5 Å². The summed E-state index contributed by atoms with van der Waals surface area (Å²) >= 11 is 6.02. The standard InChI is InChI=1S/C23H25ClFN5O/c24-17-8-6-16(7-9-17)20-21(28-23(31)27-14-15-4-2-1-3-5-15)22(26)30(29-20)19-12-10-18(25)11-13-19/h6-13,15H,1-5,14,26H2,(H2,27,28,31). The molecule has 1 fully saturated rings. The van der Waals surface area contributed by atoms with Gasteiger partial charge in [0.15, 0.2) is 5.82 Å². The predicted octanol–water partition coefficient (Wildman–Crippen LogP) is 5.62. The number of nitrogen functional groups attached to an aromatic ring is 1. The number of hydrogen-bond donors (Lipinski definition) is 3. The zero-order valence-electron chi connectivity index (χ0n) is 17.1. The van der Waals surface area contributed by atoms with Crippen molar-refractivity contribution in [3.8, 4) is 16.9 Å². The molecule has 3 aromatic rings. The zero-order valence-corrected chi connectivity index (χ0v) is 17.8. The molecule has 1 heterocycles. The molecule has 4 rings (SSSR count). The van der Waals surface area contributed by atoms with Gasteiger partial charge in [-0.1, -0.05) is 43.0 Å². The molecule has 1 aliphatic carbocycles. The second-order valence-electron chi connectivity index (χ2n) is 7.84. The van der Waals surface area contributed by atoms with Gasteiger partial charge in [0.25, 0.3) is 0 Å². The van der Waals surface area contributed by atoms with Crippen LogP contribution in [-0.2, 0) is 0 Å². The van der Waals surface area contributed by atoms with E-state index < -0.39 is 0 Å². The summed E-state index contributed by atoms with van der Waals surface area (Å²) in [6.45, 7) is 0.633. The molecule has 2 aromatic carbocycles. The Kier molecular flexibility index (Phi) is 6.42. The largest absolute Gasteiger partial charge is 0.382 e. The molecule has 0 spiro atoms. The van der Waals surface area contributed by atoms with Crippen LogP contribution in [-0.4, -0.2) is 22.4 Å². The third-order valence-electron chi connectivity index (χ3n) is 5.62. The number of anilines is 2. The van der Waals surface area contributed by atoms with Gasteiger partial charge in [0.1, 0.15) is 17.2 Å². The van der Waals surface area contributed by atoms with E-state index >= 15 is 0 Å². The Bertz CT molecular complexity index is 1040. The first kappa shape index (κ1) is 21.2. The van der Waals surface area contributed by atoms with Crippen molar-refractivity contribution in [1.29, 1.82) is 0 Å². The minimum atomic E-state index is -0.354. The zero-order chi connectivity index (χ0) is 21.8. The van der Waals surface area contributed by atoms with E-state index in [-0.39, 0.29) is 17.7 Å². The van der Waals surface area contributed by atoms with Crippen molar-refractivity contribution >= 4 is 29.1 Å². The fourth-order valence-corrected chi connectivity index (χ4v) is 4.06. The molecule has 1 aliphatic rings. The molecule has 0 bridgehead atoms. The molecule has 4 N–H and O–H groups in total. The number of hydrogen-bond acceptors (Lipinski definition) is 3. The Morgan fingerprint density at radius 3 is 2.45 bits per heavy atom. The third kappa shape index (κ3) is 4.99.